The first-order valence-electron chi connectivity index (χ1n) is 9.63. The Kier molecular flexibility index (Phi) is 5.99. The van der Waals surface area contributed by atoms with E-state index < -0.39 is 29.2 Å². The molecule has 0 radical (unpaired) electrons. The molecule has 1 aromatic carbocycles. The van der Waals surface area contributed by atoms with Gasteiger partial charge in [-0.2, -0.15) is 13.2 Å². The molecular formula is C20H17F3N4O3S2. The zero-order valence-electron chi connectivity index (χ0n) is 16.5. The average molecular weight is 483 g/mol. The summed E-state index contributed by atoms with van der Waals surface area (Å²) >= 11 is 2.11. The standard InChI is InChI=1S/C20H17F3N4O3S2/c21-20(22,23)11-6-2-3-7-12(11)27-17(29)15-10-5-1-4-8-13(10)32-16(15)26-19(27)31-9-14(28)25-18(24)30/h2-3,6-7H,1,4-5,8-9H2,(H3,24,25,28,30). The zero-order chi connectivity index (χ0) is 23.0. The van der Waals surface area contributed by atoms with Gasteiger partial charge in [0.25, 0.3) is 5.56 Å². The topological polar surface area (TPSA) is 107 Å². The number of para-hydroxylation sites is 1. The van der Waals surface area contributed by atoms with Gasteiger partial charge in [0.05, 0.1) is 22.4 Å². The molecule has 12 heteroatoms. The highest BCUT2D eigenvalue weighted by Crippen LogP contribution is 2.37. The highest BCUT2D eigenvalue weighted by Gasteiger charge is 2.35. The number of imide groups is 1. The van der Waals surface area contributed by atoms with Crippen LogP contribution in [0.1, 0.15) is 28.8 Å². The van der Waals surface area contributed by atoms with Gasteiger partial charge in [-0.3, -0.25) is 19.5 Å². The number of halogens is 3. The molecule has 3 amide bonds. The van der Waals surface area contributed by atoms with Crippen LogP contribution in [0.2, 0.25) is 0 Å². The summed E-state index contributed by atoms with van der Waals surface area (Å²) in [5.74, 6) is -1.11. The lowest BCUT2D eigenvalue weighted by Gasteiger charge is -2.17. The van der Waals surface area contributed by atoms with E-state index in [1.165, 1.54) is 29.5 Å². The molecule has 0 atom stereocenters. The van der Waals surface area contributed by atoms with Crippen molar-refractivity contribution in [1.82, 2.24) is 14.9 Å². The third-order valence-corrected chi connectivity index (χ3v) is 7.13. The quantitative estimate of drug-likeness (QED) is 0.436. The fourth-order valence-corrected chi connectivity index (χ4v) is 5.82. The van der Waals surface area contributed by atoms with Gasteiger partial charge in [-0.05, 0) is 43.4 Å². The molecule has 1 aliphatic rings. The predicted octanol–water partition coefficient (Wildman–Crippen LogP) is 3.63. The molecule has 2 heterocycles. The lowest BCUT2D eigenvalue weighted by atomic mass is 9.97. The van der Waals surface area contributed by atoms with Crippen LogP contribution in [0.4, 0.5) is 18.0 Å². The molecule has 4 rings (SSSR count). The van der Waals surface area contributed by atoms with Crippen molar-refractivity contribution in [2.45, 2.75) is 37.0 Å². The first-order chi connectivity index (χ1) is 15.2. The zero-order valence-corrected chi connectivity index (χ0v) is 18.1. The number of benzene rings is 1. The third-order valence-electron chi connectivity index (χ3n) is 5.00. The summed E-state index contributed by atoms with van der Waals surface area (Å²) in [5.41, 5.74) is 3.81. The highest BCUT2D eigenvalue weighted by atomic mass is 32.2. The molecule has 0 bridgehead atoms. The van der Waals surface area contributed by atoms with Crippen LogP contribution >= 0.6 is 23.1 Å². The Bertz CT molecular complexity index is 1280. The van der Waals surface area contributed by atoms with E-state index in [1.807, 2.05) is 5.32 Å². The maximum absolute atomic E-state index is 13.7. The van der Waals surface area contributed by atoms with Gasteiger partial charge in [0.15, 0.2) is 5.16 Å². The number of urea groups is 1. The molecule has 0 saturated heterocycles. The molecule has 0 unspecified atom stereocenters. The lowest BCUT2D eigenvalue weighted by Crippen LogP contribution is -2.36. The Morgan fingerprint density at radius 3 is 2.66 bits per heavy atom. The third kappa shape index (κ3) is 4.24. The Morgan fingerprint density at radius 2 is 1.94 bits per heavy atom. The molecule has 0 aliphatic heterocycles. The summed E-state index contributed by atoms with van der Waals surface area (Å²) in [6, 6.07) is 3.68. The second kappa shape index (κ2) is 8.58. The van der Waals surface area contributed by atoms with Crippen LogP contribution in [-0.4, -0.2) is 27.2 Å². The van der Waals surface area contributed by atoms with Crippen molar-refractivity contribution in [1.29, 1.82) is 0 Å². The number of nitrogens with one attached hydrogen (secondary N) is 1. The Morgan fingerprint density at radius 1 is 1.22 bits per heavy atom. The van der Waals surface area contributed by atoms with Crippen molar-refractivity contribution in [2.24, 2.45) is 5.73 Å². The van der Waals surface area contributed by atoms with E-state index in [-0.39, 0.29) is 16.6 Å². The van der Waals surface area contributed by atoms with E-state index in [4.69, 9.17) is 5.73 Å². The summed E-state index contributed by atoms with van der Waals surface area (Å²) in [6.07, 6.45) is -1.38. The van der Waals surface area contributed by atoms with Crippen molar-refractivity contribution >= 4 is 45.3 Å². The maximum Gasteiger partial charge on any atom is 0.418 e. The molecule has 32 heavy (non-hydrogen) atoms. The minimum absolute atomic E-state index is 0.0718. The summed E-state index contributed by atoms with van der Waals surface area (Å²) in [5, 5.41) is 2.14. The summed E-state index contributed by atoms with van der Waals surface area (Å²) in [7, 11) is 0. The number of aryl methyl sites for hydroxylation is 2. The van der Waals surface area contributed by atoms with Crippen LogP contribution < -0.4 is 16.6 Å². The SMILES string of the molecule is NC(=O)NC(=O)CSc1nc2sc3c(c2c(=O)n1-c1ccccc1C(F)(F)F)CCCC3. The minimum Gasteiger partial charge on any atom is -0.351 e. The number of thioether (sulfide) groups is 1. The van der Waals surface area contributed by atoms with Crippen molar-refractivity contribution in [3.8, 4) is 5.69 Å². The van der Waals surface area contributed by atoms with Gasteiger partial charge >= 0.3 is 12.2 Å². The number of fused-ring (bicyclic) bond motifs is 3. The van der Waals surface area contributed by atoms with Gasteiger partial charge in [-0.1, -0.05) is 23.9 Å². The van der Waals surface area contributed by atoms with Gasteiger partial charge in [-0.25, -0.2) is 9.78 Å². The average Bonchev–Trinajstić information content (AvgIpc) is 3.10. The van der Waals surface area contributed by atoms with E-state index in [0.717, 1.165) is 52.1 Å². The Labute approximate surface area is 187 Å². The molecule has 3 N–H and O–H groups in total. The number of thiophene rings is 1. The number of rotatable bonds is 4. The second-order valence-electron chi connectivity index (χ2n) is 7.14. The van der Waals surface area contributed by atoms with Crippen LogP contribution in [0.3, 0.4) is 0 Å². The van der Waals surface area contributed by atoms with Crippen LogP contribution in [-0.2, 0) is 23.8 Å². The number of aromatic nitrogens is 2. The number of nitrogens with zero attached hydrogens (tertiary/aromatic N) is 2. The second-order valence-corrected chi connectivity index (χ2v) is 9.17. The van der Waals surface area contributed by atoms with Crippen molar-refractivity contribution in [3.63, 3.8) is 0 Å². The Balaban J connectivity index is 1.93. The molecule has 2 aromatic heterocycles. The van der Waals surface area contributed by atoms with E-state index >= 15 is 0 Å². The maximum atomic E-state index is 13.7. The van der Waals surface area contributed by atoms with E-state index in [0.29, 0.717) is 16.6 Å². The van der Waals surface area contributed by atoms with Crippen LogP contribution in [0.25, 0.3) is 15.9 Å². The number of nitrogens with two attached hydrogens (primary N) is 1. The molecule has 168 valence electrons. The largest absolute Gasteiger partial charge is 0.418 e. The van der Waals surface area contributed by atoms with Gasteiger partial charge in [0.1, 0.15) is 4.83 Å². The first kappa shape index (κ1) is 22.3. The fourth-order valence-electron chi connectivity index (χ4n) is 3.71. The van der Waals surface area contributed by atoms with Crippen molar-refractivity contribution in [2.75, 3.05) is 5.75 Å². The number of carbonyl (C=O) groups excluding carboxylic acids is 2. The Hall–Kier alpha value is -2.86. The van der Waals surface area contributed by atoms with Gasteiger partial charge in [0, 0.05) is 4.88 Å². The molecule has 0 saturated carbocycles. The van der Waals surface area contributed by atoms with Crippen LogP contribution in [0.15, 0.2) is 34.2 Å². The van der Waals surface area contributed by atoms with Gasteiger partial charge in [0.2, 0.25) is 5.91 Å². The molecule has 1 aliphatic carbocycles. The number of carbonyl (C=O) groups is 2. The molecule has 3 aromatic rings. The normalized spacial score (nSPS) is 13.7. The monoisotopic (exact) mass is 482 g/mol. The van der Waals surface area contributed by atoms with E-state index in [1.54, 1.807) is 0 Å². The molecule has 7 nitrogen and oxygen atoms in total. The number of amides is 3. The smallest absolute Gasteiger partial charge is 0.351 e. The van der Waals surface area contributed by atoms with Crippen molar-refractivity contribution < 1.29 is 22.8 Å². The number of alkyl halides is 3. The number of primary amides is 1. The van der Waals surface area contributed by atoms with Crippen molar-refractivity contribution in [3.05, 3.63) is 50.6 Å². The summed E-state index contributed by atoms with van der Waals surface area (Å²) < 4.78 is 42.1. The van der Waals surface area contributed by atoms with E-state index in [9.17, 15) is 27.6 Å². The number of hydrogen-bond acceptors (Lipinski definition) is 6. The predicted molar refractivity (Wildman–Crippen MR) is 115 cm³/mol. The number of hydrogen-bond donors (Lipinski definition) is 2. The first-order valence-corrected chi connectivity index (χ1v) is 11.4. The fraction of sp³-hybridized carbons (Fsp3) is 0.300. The molecular weight excluding hydrogens is 465 g/mol. The lowest BCUT2D eigenvalue weighted by molar-refractivity contribution is -0.137. The van der Waals surface area contributed by atoms with Gasteiger partial charge < -0.3 is 5.73 Å². The molecule has 0 spiro atoms. The van der Waals surface area contributed by atoms with Crippen LogP contribution in [0, 0.1) is 0 Å². The highest BCUT2D eigenvalue weighted by molar-refractivity contribution is 7.99. The van der Waals surface area contributed by atoms with E-state index in [2.05, 4.69) is 4.98 Å². The molecule has 0 fully saturated rings. The van der Waals surface area contributed by atoms with Gasteiger partial charge in [-0.15, -0.1) is 11.3 Å². The summed E-state index contributed by atoms with van der Waals surface area (Å²) in [4.78, 5) is 42.3. The summed E-state index contributed by atoms with van der Waals surface area (Å²) in [6.45, 7) is 0. The minimum atomic E-state index is -4.70. The van der Waals surface area contributed by atoms with Crippen LogP contribution in [0.5, 0.6) is 0 Å².